The molecule has 0 aliphatic carbocycles. The van der Waals surface area contributed by atoms with E-state index in [4.69, 9.17) is 4.74 Å². The second-order valence-electron chi connectivity index (χ2n) is 6.08. The molecule has 3 rings (SSSR count). The number of ether oxygens (including phenoxy) is 1. The van der Waals surface area contributed by atoms with E-state index >= 15 is 0 Å². The molecule has 1 N–H and O–H groups in total. The van der Waals surface area contributed by atoms with Crippen molar-refractivity contribution in [1.29, 1.82) is 0 Å². The van der Waals surface area contributed by atoms with Gasteiger partial charge >= 0.3 is 0 Å². The zero-order valence-corrected chi connectivity index (χ0v) is 14.3. The number of rotatable bonds is 4. The van der Waals surface area contributed by atoms with Crippen molar-refractivity contribution < 1.29 is 14.3 Å². The van der Waals surface area contributed by atoms with Gasteiger partial charge in [-0.15, -0.1) is 0 Å². The van der Waals surface area contributed by atoms with E-state index in [0.29, 0.717) is 17.7 Å². The van der Waals surface area contributed by atoms with Crippen molar-refractivity contribution in [2.75, 3.05) is 20.7 Å². The van der Waals surface area contributed by atoms with Gasteiger partial charge in [0.2, 0.25) is 0 Å². The molecular formula is C20H20N2O3. The molecule has 0 fully saturated rings. The Hall–Kier alpha value is -3.08. The number of hydrogen-bond donors (Lipinski definition) is 1. The van der Waals surface area contributed by atoms with Crippen LogP contribution in [0, 0.1) is 0 Å². The lowest BCUT2D eigenvalue weighted by Gasteiger charge is -2.17. The van der Waals surface area contributed by atoms with Crippen molar-refractivity contribution in [3.8, 4) is 5.75 Å². The van der Waals surface area contributed by atoms with Gasteiger partial charge in [0, 0.05) is 31.8 Å². The van der Waals surface area contributed by atoms with Crippen LogP contribution in [0.2, 0.25) is 0 Å². The van der Waals surface area contributed by atoms with Crippen LogP contribution in [0.5, 0.6) is 5.75 Å². The molecule has 1 aliphatic rings. The normalized spacial score (nSPS) is 12.5. The summed E-state index contributed by atoms with van der Waals surface area (Å²) >= 11 is 0. The van der Waals surface area contributed by atoms with Crippen LogP contribution >= 0.6 is 0 Å². The highest BCUT2D eigenvalue weighted by Crippen LogP contribution is 2.25. The molecule has 25 heavy (non-hydrogen) atoms. The summed E-state index contributed by atoms with van der Waals surface area (Å²) in [5.41, 5.74) is 3.06. The maximum atomic E-state index is 12.3. The molecule has 0 bridgehead atoms. The molecule has 1 heterocycles. The summed E-state index contributed by atoms with van der Waals surface area (Å²) in [6, 6.07) is 14.8. The predicted molar refractivity (Wildman–Crippen MR) is 96.2 cm³/mol. The lowest BCUT2D eigenvalue weighted by molar-refractivity contribution is -0.117. The minimum atomic E-state index is -0.150. The zero-order chi connectivity index (χ0) is 17.8. The second kappa shape index (κ2) is 7.21. The van der Waals surface area contributed by atoms with E-state index in [0.717, 1.165) is 16.9 Å². The van der Waals surface area contributed by atoms with Crippen LogP contribution in [0.15, 0.2) is 54.1 Å². The quantitative estimate of drug-likeness (QED) is 0.933. The summed E-state index contributed by atoms with van der Waals surface area (Å²) in [5.74, 6) is 0.599. The van der Waals surface area contributed by atoms with Gasteiger partial charge in [0.1, 0.15) is 12.4 Å². The van der Waals surface area contributed by atoms with Gasteiger partial charge in [-0.25, -0.2) is 0 Å². The summed E-state index contributed by atoms with van der Waals surface area (Å²) in [5, 5.41) is 2.89. The third-order valence-electron chi connectivity index (χ3n) is 3.98. The van der Waals surface area contributed by atoms with Gasteiger partial charge in [-0.05, 0) is 29.8 Å². The number of nitrogens with zero attached hydrogens (tertiary/aromatic N) is 1. The number of carbonyl (C=O) groups excluding carboxylic acids is 2. The number of fused-ring (bicyclic) bond motifs is 1. The van der Waals surface area contributed by atoms with Gasteiger partial charge in [0.25, 0.3) is 11.8 Å². The SMILES string of the molecule is CN(C)C(=O)c1ccc(CNC(=O)C2=Cc3ccccc3OC2)cc1. The van der Waals surface area contributed by atoms with Gasteiger partial charge in [-0.3, -0.25) is 9.59 Å². The largest absolute Gasteiger partial charge is 0.488 e. The van der Waals surface area contributed by atoms with E-state index in [2.05, 4.69) is 5.32 Å². The number of carbonyl (C=O) groups is 2. The molecule has 2 amide bonds. The molecule has 2 aromatic carbocycles. The predicted octanol–water partition coefficient (Wildman–Crippen LogP) is 2.48. The highest BCUT2D eigenvalue weighted by atomic mass is 16.5. The van der Waals surface area contributed by atoms with Gasteiger partial charge in [-0.1, -0.05) is 30.3 Å². The van der Waals surface area contributed by atoms with Crippen molar-refractivity contribution in [2.24, 2.45) is 0 Å². The summed E-state index contributed by atoms with van der Waals surface area (Å²) < 4.78 is 5.60. The fraction of sp³-hybridized carbons (Fsp3) is 0.200. The topological polar surface area (TPSA) is 58.6 Å². The fourth-order valence-corrected chi connectivity index (χ4v) is 2.57. The minimum absolute atomic E-state index is 0.0428. The molecular weight excluding hydrogens is 316 g/mol. The smallest absolute Gasteiger partial charge is 0.253 e. The van der Waals surface area contributed by atoms with Crippen molar-refractivity contribution in [3.05, 3.63) is 70.8 Å². The zero-order valence-electron chi connectivity index (χ0n) is 14.3. The van der Waals surface area contributed by atoms with E-state index in [1.807, 2.05) is 42.5 Å². The van der Waals surface area contributed by atoms with Crippen LogP contribution in [0.4, 0.5) is 0 Å². The average Bonchev–Trinajstić information content (AvgIpc) is 2.65. The van der Waals surface area contributed by atoms with Gasteiger partial charge in [0.15, 0.2) is 0 Å². The van der Waals surface area contributed by atoms with Crippen LogP contribution in [-0.4, -0.2) is 37.4 Å². The second-order valence-corrected chi connectivity index (χ2v) is 6.08. The van der Waals surface area contributed by atoms with Crippen molar-refractivity contribution in [3.63, 3.8) is 0 Å². The number of para-hydroxylation sites is 1. The maximum absolute atomic E-state index is 12.3. The first-order valence-electron chi connectivity index (χ1n) is 8.06. The third kappa shape index (κ3) is 3.88. The Bertz CT molecular complexity index is 823. The van der Waals surface area contributed by atoms with Gasteiger partial charge < -0.3 is 15.0 Å². The van der Waals surface area contributed by atoms with Crippen LogP contribution in [-0.2, 0) is 11.3 Å². The first-order chi connectivity index (χ1) is 12.0. The van der Waals surface area contributed by atoms with E-state index in [1.165, 1.54) is 4.90 Å². The monoisotopic (exact) mass is 336 g/mol. The molecule has 0 spiro atoms. The first kappa shape index (κ1) is 16.8. The van der Waals surface area contributed by atoms with Crippen LogP contribution in [0.25, 0.3) is 6.08 Å². The Labute approximate surface area is 146 Å². The highest BCUT2D eigenvalue weighted by molar-refractivity contribution is 5.99. The molecule has 128 valence electrons. The Balaban J connectivity index is 1.61. The molecule has 5 nitrogen and oxygen atoms in total. The van der Waals surface area contributed by atoms with E-state index in [9.17, 15) is 9.59 Å². The minimum Gasteiger partial charge on any atom is -0.488 e. The summed E-state index contributed by atoms with van der Waals surface area (Å²) in [4.78, 5) is 25.7. The number of benzene rings is 2. The van der Waals surface area contributed by atoms with Crippen LogP contribution in [0.3, 0.4) is 0 Å². The van der Waals surface area contributed by atoms with Gasteiger partial charge in [-0.2, -0.15) is 0 Å². The van der Waals surface area contributed by atoms with Crippen LogP contribution < -0.4 is 10.1 Å². The number of nitrogens with one attached hydrogen (secondary N) is 1. The number of amides is 2. The van der Waals surface area contributed by atoms with E-state index < -0.39 is 0 Å². The lowest BCUT2D eigenvalue weighted by atomic mass is 10.1. The molecule has 0 radical (unpaired) electrons. The fourth-order valence-electron chi connectivity index (χ4n) is 2.57. The van der Waals surface area contributed by atoms with Crippen molar-refractivity contribution >= 4 is 17.9 Å². The van der Waals surface area contributed by atoms with Gasteiger partial charge in [0.05, 0.1) is 5.57 Å². The molecule has 0 aromatic heterocycles. The van der Waals surface area contributed by atoms with E-state index in [1.54, 1.807) is 26.2 Å². The van der Waals surface area contributed by atoms with Crippen molar-refractivity contribution in [2.45, 2.75) is 6.54 Å². The average molecular weight is 336 g/mol. The molecule has 1 aliphatic heterocycles. The maximum Gasteiger partial charge on any atom is 0.253 e. The first-order valence-corrected chi connectivity index (χ1v) is 8.06. The third-order valence-corrected chi connectivity index (χ3v) is 3.98. The number of hydrogen-bond acceptors (Lipinski definition) is 3. The molecule has 5 heteroatoms. The molecule has 2 aromatic rings. The Morgan fingerprint density at radius 3 is 2.52 bits per heavy atom. The van der Waals surface area contributed by atoms with Crippen molar-refractivity contribution in [1.82, 2.24) is 10.2 Å². The standard InChI is InChI=1S/C20H20N2O3/c1-22(2)20(24)15-9-7-14(8-10-15)12-21-19(23)17-11-16-5-3-4-6-18(16)25-13-17/h3-11H,12-13H2,1-2H3,(H,21,23). The summed E-state index contributed by atoms with van der Waals surface area (Å²) in [7, 11) is 3.43. The molecule has 0 atom stereocenters. The Kier molecular flexibility index (Phi) is 4.84. The van der Waals surface area contributed by atoms with Crippen LogP contribution in [0.1, 0.15) is 21.5 Å². The Morgan fingerprint density at radius 1 is 1.08 bits per heavy atom. The summed E-state index contributed by atoms with van der Waals surface area (Å²) in [6.07, 6.45) is 1.85. The molecule has 0 unspecified atom stereocenters. The highest BCUT2D eigenvalue weighted by Gasteiger charge is 2.16. The summed E-state index contributed by atoms with van der Waals surface area (Å²) in [6.45, 7) is 0.660. The van der Waals surface area contributed by atoms with E-state index in [-0.39, 0.29) is 18.4 Å². The molecule has 0 saturated heterocycles. The Morgan fingerprint density at radius 2 is 1.80 bits per heavy atom. The molecule has 0 saturated carbocycles. The lowest BCUT2D eigenvalue weighted by Crippen LogP contribution is -2.28.